The van der Waals surface area contributed by atoms with Crippen LogP contribution in [0.5, 0.6) is 0 Å². The normalized spacial score (nSPS) is 9.85. The lowest BCUT2D eigenvalue weighted by Crippen LogP contribution is -2.14. The van der Waals surface area contributed by atoms with Gasteiger partial charge in [-0.2, -0.15) is 0 Å². The van der Waals surface area contributed by atoms with Gasteiger partial charge in [0.1, 0.15) is 5.82 Å². The van der Waals surface area contributed by atoms with Crippen molar-refractivity contribution in [2.45, 2.75) is 0 Å². The molecule has 2 aromatic rings. The lowest BCUT2D eigenvalue weighted by molar-refractivity contribution is -0.384. The van der Waals surface area contributed by atoms with Crippen molar-refractivity contribution in [1.82, 2.24) is 4.98 Å². The van der Waals surface area contributed by atoms with E-state index in [1.165, 1.54) is 42.6 Å². The Balaban J connectivity index is 2.12. The highest BCUT2D eigenvalue weighted by Crippen LogP contribution is 2.16. The number of rotatable bonds is 4. The molecular formula is C12H11N5O3. The van der Waals surface area contributed by atoms with Crippen LogP contribution in [0.1, 0.15) is 10.4 Å². The molecule has 0 saturated carbocycles. The third-order valence-electron chi connectivity index (χ3n) is 2.51. The number of carbonyl (C=O) groups is 1. The lowest BCUT2D eigenvalue weighted by Gasteiger charge is -2.06. The van der Waals surface area contributed by atoms with E-state index in [4.69, 9.17) is 5.84 Å². The SMILES string of the molecule is NNc1cc(C(=O)Nc2ccc([N+](=O)[O-])cc2)ccn1. The standard InChI is InChI=1S/C12H11N5O3/c13-16-11-7-8(5-6-14-11)12(18)15-9-1-3-10(4-2-9)17(19)20/h1-7H,13H2,(H,14,16)(H,15,18). The van der Waals surface area contributed by atoms with Crippen molar-refractivity contribution in [2.75, 3.05) is 10.7 Å². The molecular weight excluding hydrogens is 262 g/mol. The smallest absolute Gasteiger partial charge is 0.269 e. The predicted molar refractivity (Wildman–Crippen MR) is 73.1 cm³/mol. The van der Waals surface area contributed by atoms with Gasteiger partial charge in [0.05, 0.1) is 4.92 Å². The van der Waals surface area contributed by atoms with Crippen LogP contribution in [0.15, 0.2) is 42.6 Å². The maximum absolute atomic E-state index is 12.0. The number of hydrazine groups is 1. The predicted octanol–water partition coefficient (Wildman–Crippen LogP) is 1.53. The molecule has 1 aromatic heterocycles. The number of nitro groups is 1. The van der Waals surface area contributed by atoms with Crippen LogP contribution in [0.25, 0.3) is 0 Å². The minimum Gasteiger partial charge on any atom is -0.322 e. The first-order chi connectivity index (χ1) is 9.60. The molecule has 2 rings (SSSR count). The molecule has 4 N–H and O–H groups in total. The molecule has 20 heavy (non-hydrogen) atoms. The summed E-state index contributed by atoms with van der Waals surface area (Å²) < 4.78 is 0. The van der Waals surface area contributed by atoms with E-state index in [9.17, 15) is 14.9 Å². The van der Waals surface area contributed by atoms with Crippen molar-refractivity contribution >= 4 is 23.1 Å². The number of benzene rings is 1. The first-order valence-electron chi connectivity index (χ1n) is 5.58. The molecule has 0 aliphatic rings. The quantitative estimate of drug-likeness (QED) is 0.441. The van der Waals surface area contributed by atoms with Gasteiger partial charge in [-0.3, -0.25) is 14.9 Å². The molecule has 0 aliphatic carbocycles. The van der Waals surface area contributed by atoms with Crippen molar-refractivity contribution in [2.24, 2.45) is 5.84 Å². The molecule has 8 heteroatoms. The summed E-state index contributed by atoms with van der Waals surface area (Å²) in [6, 6.07) is 8.56. The fourth-order valence-corrected chi connectivity index (χ4v) is 1.52. The number of carbonyl (C=O) groups excluding carboxylic acids is 1. The summed E-state index contributed by atoms with van der Waals surface area (Å²) in [7, 11) is 0. The van der Waals surface area contributed by atoms with Gasteiger partial charge in [0.2, 0.25) is 0 Å². The van der Waals surface area contributed by atoms with Crippen LogP contribution < -0.4 is 16.6 Å². The Morgan fingerprint density at radius 3 is 2.55 bits per heavy atom. The molecule has 0 spiro atoms. The summed E-state index contributed by atoms with van der Waals surface area (Å²) >= 11 is 0. The number of nitrogens with one attached hydrogen (secondary N) is 2. The number of hydrogen-bond acceptors (Lipinski definition) is 6. The second-order valence-electron chi connectivity index (χ2n) is 3.83. The van der Waals surface area contributed by atoms with Crippen LogP contribution in [0.3, 0.4) is 0 Å². The Kier molecular flexibility index (Phi) is 3.87. The average molecular weight is 273 g/mol. The van der Waals surface area contributed by atoms with Crippen molar-refractivity contribution in [3.8, 4) is 0 Å². The van der Waals surface area contributed by atoms with Crippen LogP contribution >= 0.6 is 0 Å². The van der Waals surface area contributed by atoms with Crippen LogP contribution in [-0.4, -0.2) is 15.8 Å². The highest BCUT2D eigenvalue weighted by molar-refractivity contribution is 6.04. The number of nitrogens with two attached hydrogens (primary N) is 1. The number of non-ortho nitro benzene ring substituents is 1. The van der Waals surface area contributed by atoms with Gasteiger partial charge >= 0.3 is 0 Å². The Morgan fingerprint density at radius 1 is 1.25 bits per heavy atom. The molecule has 0 aliphatic heterocycles. The number of anilines is 2. The van der Waals surface area contributed by atoms with Gasteiger partial charge in [0, 0.05) is 29.6 Å². The largest absolute Gasteiger partial charge is 0.322 e. The van der Waals surface area contributed by atoms with Crippen molar-refractivity contribution in [3.63, 3.8) is 0 Å². The highest BCUT2D eigenvalue weighted by Gasteiger charge is 2.09. The number of nitrogens with zero attached hydrogens (tertiary/aromatic N) is 2. The molecule has 1 aromatic carbocycles. The maximum Gasteiger partial charge on any atom is 0.269 e. The van der Waals surface area contributed by atoms with Crippen molar-refractivity contribution < 1.29 is 9.72 Å². The summed E-state index contributed by atoms with van der Waals surface area (Å²) in [5.41, 5.74) is 3.12. The number of aromatic nitrogens is 1. The first kappa shape index (κ1) is 13.4. The molecule has 0 atom stereocenters. The third-order valence-corrected chi connectivity index (χ3v) is 2.51. The fraction of sp³-hybridized carbons (Fsp3) is 0. The van der Waals surface area contributed by atoms with E-state index in [1.807, 2.05) is 0 Å². The molecule has 0 saturated heterocycles. The summed E-state index contributed by atoms with van der Waals surface area (Å²) in [5, 5.41) is 13.1. The van der Waals surface area contributed by atoms with E-state index in [-0.39, 0.29) is 11.6 Å². The number of nitrogen functional groups attached to an aromatic ring is 1. The summed E-state index contributed by atoms with van der Waals surface area (Å²) in [6.07, 6.45) is 1.44. The third kappa shape index (κ3) is 3.06. The number of hydrogen-bond donors (Lipinski definition) is 3. The van der Waals surface area contributed by atoms with Crippen LogP contribution in [0, 0.1) is 10.1 Å². The van der Waals surface area contributed by atoms with E-state index in [0.717, 1.165) is 0 Å². The molecule has 0 fully saturated rings. The van der Waals surface area contributed by atoms with Crippen molar-refractivity contribution in [3.05, 3.63) is 58.3 Å². The number of nitro benzene ring substituents is 1. The molecule has 1 heterocycles. The molecule has 102 valence electrons. The molecule has 0 radical (unpaired) electrons. The Labute approximate surface area is 113 Å². The van der Waals surface area contributed by atoms with Gasteiger partial charge in [-0.25, -0.2) is 10.8 Å². The second kappa shape index (κ2) is 5.76. The van der Waals surface area contributed by atoms with Gasteiger partial charge in [0.15, 0.2) is 0 Å². The average Bonchev–Trinajstić information content (AvgIpc) is 2.47. The lowest BCUT2D eigenvalue weighted by atomic mass is 10.2. The van der Waals surface area contributed by atoms with Gasteiger partial charge in [-0.1, -0.05) is 0 Å². The first-order valence-corrected chi connectivity index (χ1v) is 5.58. The van der Waals surface area contributed by atoms with E-state index in [1.54, 1.807) is 0 Å². The monoisotopic (exact) mass is 273 g/mol. The molecule has 0 unspecified atom stereocenters. The topological polar surface area (TPSA) is 123 Å². The minimum atomic E-state index is -0.506. The molecule has 0 bridgehead atoms. The zero-order valence-electron chi connectivity index (χ0n) is 10.2. The molecule has 1 amide bonds. The fourth-order valence-electron chi connectivity index (χ4n) is 1.52. The second-order valence-corrected chi connectivity index (χ2v) is 3.83. The van der Waals surface area contributed by atoms with Crippen molar-refractivity contribution in [1.29, 1.82) is 0 Å². The van der Waals surface area contributed by atoms with Gasteiger partial charge < -0.3 is 10.7 Å². The Bertz CT molecular complexity index is 642. The molecule has 8 nitrogen and oxygen atoms in total. The van der Waals surface area contributed by atoms with E-state index in [0.29, 0.717) is 17.1 Å². The van der Waals surface area contributed by atoms with Crippen LogP contribution in [-0.2, 0) is 0 Å². The summed E-state index contributed by atoms with van der Waals surface area (Å²) in [6.45, 7) is 0. The number of pyridine rings is 1. The van der Waals surface area contributed by atoms with Gasteiger partial charge in [-0.15, -0.1) is 0 Å². The highest BCUT2D eigenvalue weighted by atomic mass is 16.6. The van der Waals surface area contributed by atoms with Crippen LogP contribution in [0.2, 0.25) is 0 Å². The van der Waals surface area contributed by atoms with Gasteiger partial charge in [-0.05, 0) is 24.3 Å². The Hall–Kier alpha value is -3.00. The zero-order valence-corrected chi connectivity index (χ0v) is 10.2. The zero-order chi connectivity index (χ0) is 14.5. The summed E-state index contributed by atoms with van der Waals surface area (Å²) in [4.78, 5) is 25.9. The Morgan fingerprint density at radius 2 is 1.95 bits per heavy atom. The summed E-state index contributed by atoms with van der Waals surface area (Å²) in [5.74, 6) is 5.21. The van der Waals surface area contributed by atoms with E-state index < -0.39 is 4.92 Å². The van der Waals surface area contributed by atoms with Crippen LogP contribution in [0.4, 0.5) is 17.2 Å². The van der Waals surface area contributed by atoms with E-state index in [2.05, 4.69) is 15.7 Å². The van der Waals surface area contributed by atoms with E-state index >= 15 is 0 Å². The minimum absolute atomic E-state index is 0.0403. The number of amides is 1. The maximum atomic E-state index is 12.0. The van der Waals surface area contributed by atoms with Gasteiger partial charge in [0.25, 0.3) is 11.6 Å².